The summed E-state index contributed by atoms with van der Waals surface area (Å²) in [4.78, 5) is 9.56. The molecule has 2 aromatic heterocycles. The van der Waals surface area contributed by atoms with Gasteiger partial charge in [0, 0.05) is 19.4 Å². The molecule has 2 heterocycles. The largest absolute Gasteiger partial charge is 0.348 e. The van der Waals surface area contributed by atoms with Crippen LogP contribution < -0.4 is 5.32 Å². The zero-order chi connectivity index (χ0) is 9.80. The molecule has 0 aliphatic rings. The van der Waals surface area contributed by atoms with Crippen molar-refractivity contribution >= 4 is 5.95 Å². The summed E-state index contributed by atoms with van der Waals surface area (Å²) >= 11 is 0. The Hall–Kier alpha value is -1.98. The van der Waals surface area contributed by atoms with Gasteiger partial charge in [-0.05, 0) is 6.07 Å². The van der Waals surface area contributed by atoms with Gasteiger partial charge < -0.3 is 5.32 Å². The fraction of sp³-hybridized carbons (Fsp3) is 0.250. The van der Waals surface area contributed by atoms with Crippen LogP contribution >= 0.6 is 0 Å². The fourth-order valence-electron chi connectivity index (χ4n) is 1.03. The van der Waals surface area contributed by atoms with Crippen LogP contribution in [0.1, 0.15) is 5.69 Å². The predicted octanol–water partition coefficient (Wildman–Crippen LogP) is 0.217. The van der Waals surface area contributed by atoms with Crippen LogP contribution in [0.5, 0.6) is 0 Å². The summed E-state index contributed by atoms with van der Waals surface area (Å²) < 4.78 is 0. The summed E-state index contributed by atoms with van der Waals surface area (Å²) in [6, 6.07) is 1.77. The lowest BCUT2D eigenvalue weighted by Gasteiger charge is -1.99. The molecule has 0 aromatic carbocycles. The van der Waals surface area contributed by atoms with Crippen molar-refractivity contribution < 1.29 is 0 Å². The Bertz CT molecular complexity index is 395. The molecule has 0 spiro atoms. The van der Waals surface area contributed by atoms with E-state index in [1.54, 1.807) is 31.7 Å². The SMILES string of the molecule is Cn1ncc(CNc2ncccn2)n1. The van der Waals surface area contributed by atoms with E-state index < -0.39 is 0 Å². The first kappa shape index (κ1) is 8.61. The molecule has 0 saturated carbocycles. The first-order valence-corrected chi connectivity index (χ1v) is 4.21. The molecular weight excluding hydrogens is 180 g/mol. The van der Waals surface area contributed by atoms with E-state index >= 15 is 0 Å². The monoisotopic (exact) mass is 190 g/mol. The molecule has 0 aliphatic carbocycles. The lowest BCUT2D eigenvalue weighted by Crippen LogP contribution is -2.03. The van der Waals surface area contributed by atoms with Gasteiger partial charge in [-0.2, -0.15) is 15.0 Å². The second kappa shape index (κ2) is 3.82. The zero-order valence-electron chi connectivity index (χ0n) is 7.75. The maximum absolute atomic E-state index is 4.11. The van der Waals surface area contributed by atoms with Crippen LogP contribution in [-0.4, -0.2) is 25.0 Å². The standard InChI is InChI=1S/C8H10N6/c1-14-12-6-7(13-14)5-11-8-9-3-2-4-10-8/h2-4,6H,5H2,1H3,(H,9,10,11). The van der Waals surface area contributed by atoms with Crippen LogP contribution in [-0.2, 0) is 13.6 Å². The Kier molecular flexibility index (Phi) is 2.35. The fourth-order valence-corrected chi connectivity index (χ4v) is 1.03. The van der Waals surface area contributed by atoms with Crippen molar-refractivity contribution in [2.45, 2.75) is 6.54 Å². The van der Waals surface area contributed by atoms with Crippen LogP contribution in [0.4, 0.5) is 5.95 Å². The smallest absolute Gasteiger partial charge is 0.222 e. The molecular formula is C8H10N6. The van der Waals surface area contributed by atoms with Gasteiger partial charge in [0.25, 0.3) is 0 Å². The molecule has 6 heteroatoms. The summed E-state index contributed by atoms with van der Waals surface area (Å²) in [5.41, 5.74) is 0.861. The summed E-state index contributed by atoms with van der Waals surface area (Å²) in [7, 11) is 1.78. The molecule has 0 aliphatic heterocycles. The van der Waals surface area contributed by atoms with Crippen LogP contribution in [0.15, 0.2) is 24.7 Å². The van der Waals surface area contributed by atoms with Crippen molar-refractivity contribution in [1.29, 1.82) is 0 Å². The van der Waals surface area contributed by atoms with E-state index in [4.69, 9.17) is 0 Å². The molecule has 0 fully saturated rings. The van der Waals surface area contributed by atoms with Gasteiger partial charge in [0.1, 0.15) is 5.69 Å². The van der Waals surface area contributed by atoms with Gasteiger partial charge in [-0.15, -0.1) is 0 Å². The number of rotatable bonds is 3. The van der Waals surface area contributed by atoms with E-state index in [9.17, 15) is 0 Å². The summed E-state index contributed by atoms with van der Waals surface area (Å²) in [5.74, 6) is 0.596. The zero-order valence-corrected chi connectivity index (χ0v) is 7.75. The lowest BCUT2D eigenvalue weighted by atomic mass is 10.5. The molecule has 0 saturated heterocycles. The minimum Gasteiger partial charge on any atom is -0.348 e. The number of hydrogen-bond donors (Lipinski definition) is 1. The van der Waals surface area contributed by atoms with E-state index in [1.165, 1.54) is 4.80 Å². The topological polar surface area (TPSA) is 68.5 Å². The van der Waals surface area contributed by atoms with Crippen molar-refractivity contribution in [2.75, 3.05) is 5.32 Å². The van der Waals surface area contributed by atoms with E-state index in [2.05, 4.69) is 25.5 Å². The Balaban J connectivity index is 1.95. The summed E-state index contributed by atoms with van der Waals surface area (Å²) in [6.45, 7) is 0.581. The average molecular weight is 190 g/mol. The van der Waals surface area contributed by atoms with Crippen molar-refractivity contribution in [3.05, 3.63) is 30.4 Å². The predicted molar refractivity (Wildman–Crippen MR) is 50.4 cm³/mol. The lowest BCUT2D eigenvalue weighted by molar-refractivity contribution is 0.646. The maximum Gasteiger partial charge on any atom is 0.222 e. The number of nitrogens with one attached hydrogen (secondary N) is 1. The van der Waals surface area contributed by atoms with Crippen LogP contribution in [0.3, 0.4) is 0 Å². The first-order valence-electron chi connectivity index (χ1n) is 4.21. The van der Waals surface area contributed by atoms with E-state index in [0.29, 0.717) is 12.5 Å². The quantitative estimate of drug-likeness (QED) is 0.749. The molecule has 72 valence electrons. The third-order valence-corrected chi connectivity index (χ3v) is 1.64. The number of hydrogen-bond acceptors (Lipinski definition) is 5. The second-order valence-electron chi connectivity index (χ2n) is 2.75. The van der Waals surface area contributed by atoms with Crippen molar-refractivity contribution in [2.24, 2.45) is 7.05 Å². The van der Waals surface area contributed by atoms with E-state index in [1.807, 2.05) is 0 Å². The second-order valence-corrected chi connectivity index (χ2v) is 2.75. The van der Waals surface area contributed by atoms with Gasteiger partial charge in [0.15, 0.2) is 0 Å². The van der Waals surface area contributed by atoms with Crippen molar-refractivity contribution in [3.63, 3.8) is 0 Å². The van der Waals surface area contributed by atoms with Crippen LogP contribution in [0.2, 0.25) is 0 Å². The van der Waals surface area contributed by atoms with Gasteiger partial charge in [0.05, 0.1) is 12.7 Å². The minimum absolute atomic E-state index is 0.581. The highest BCUT2D eigenvalue weighted by Gasteiger charge is 1.98. The Morgan fingerprint density at radius 3 is 2.79 bits per heavy atom. The summed E-state index contributed by atoms with van der Waals surface area (Å²) in [6.07, 6.45) is 5.08. The minimum atomic E-state index is 0.581. The van der Waals surface area contributed by atoms with Gasteiger partial charge in [-0.25, -0.2) is 9.97 Å². The molecule has 1 N–H and O–H groups in total. The van der Waals surface area contributed by atoms with Gasteiger partial charge in [-0.1, -0.05) is 0 Å². The molecule has 0 amide bonds. The number of anilines is 1. The molecule has 2 aromatic rings. The summed E-state index contributed by atoms with van der Waals surface area (Å²) in [5, 5.41) is 11.1. The van der Waals surface area contributed by atoms with Crippen molar-refractivity contribution in [3.8, 4) is 0 Å². The molecule has 0 bridgehead atoms. The highest BCUT2D eigenvalue weighted by Crippen LogP contribution is 1.97. The Labute approximate surface area is 81.0 Å². The Morgan fingerprint density at radius 1 is 1.36 bits per heavy atom. The Morgan fingerprint density at radius 2 is 2.14 bits per heavy atom. The molecule has 0 unspecified atom stereocenters. The molecule has 6 nitrogen and oxygen atoms in total. The van der Waals surface area contributed by atoms with Gasteiger partial charge in [-0.3, -0.25) is 0 Å². The first-order chi connectivity index (χ1) is 6.84. The molecule has 14 heavy (non-hydrogen) atoms. The maximum atomic E-state index is 4.11. The highest BCUT2D eigenvalue weighted by atomic mass is 15.4. The van der Waals surface area contributed by atoms with E-state index in [0.717, 1.165) is 5.69 Å². The van der Waals surface area contributed by atoms with E-state index in [-0.39, 0.29) is 0 Å². The van der Waals surface area contributed by atoms with Crippen LogP contribution in [0.25, 0.3) is 0 Å². The van der Waals surface area contributed by atoms with Crippen molar-refractivity contribution in [1.82, 2.24) is 25.0 Å². The third kappa shape index (κ3) is 2.03. The average Bonchev–Trinajstić information content (AvgIpc) is 2.63. The number of aryl methyl sites for hydroxylation is 1. The number of nitrogens with zero attached hydrogens (tertiary/aromatic N) is 5. The van der Waals surface area contributed by atoms with Crippen LogP contribution in [0, 0.1) is 0 Å². The molecule has 0 atom stereocenters. The van der Waals surface area contributed by atoms with Gasteiger partial charge >= 0.3 is 0 Å². The van der Waals surface area contributed by atoms with Gasteiger partial charge in [0.2, 0.25) is 5.95 Å². The normalized spacial score (nSPS) is 10.1. The number of aromatic nitrogens is 5. The highest BCUT2D eigenvalue weighted by molar-refractivity contribution is 5.22. The molecule has 0 radical (unpaired) electrons. The molecule has 2 rings (SSSR count). The third-order valence-electron chi connectivity index (χ3n) is 1.64.